The average Bonchev–Trinajstić information content (AvgIpc) is 3.56. The summed E-state index contributed by atoms with van der Waals surface area (Å²) in [6.07, 6.45) is 2.11. The molecular formula is C25H32N2O4. The van der Waals surface area contributed by atoms with Gasteiger partial charge < -0.3 is 20.1 Å². The summed E-state index contributed by atoms with van der Waals surface area (Å²) in [6, 6.07) is 12.6. The Hall–Kier alpha value is -3.02. The minimum absolute atomic E-state index is 0.00665. The number of methoxy groups -OCH3 is 2. The lowest BCUT2D eigenvalue weighted by molar-refractivity contribution is -0.124. The summed E-state index contributed by atoms with van der Waals surface area (Å²) in [5.74, 6) is 0.460. The maximum atomic E-state index is 13.0. The summed E-state index contributed by atoms with van der Waals surface area (Å²) >= 11 is 0. The van der Waals surface area contributed by atoms with Crippen LogP contribution in [0.2, 0.25) is 0 Å². The fourth-order valence-corrected chi connectivity index (χ4v) is 3.92. The molecule has 0 aliphatic heterocycles. The summed E-state index contributed by atoms with van der Waals surface area (Å²) in [5.41, 5.74) is 2.93. The van der Waals surface area contributed by atoms with Gasteiger partial charge in [-0.05, 0) is 48.9 Å². The van der Waals surface area contributed by atoms with Crippen LogP contribution in [-0.4, -0.2) is 38.6 Å². The Bertz CT molecular complexity index is 928. The van der Waals surface area contributed by atoms with Gasteiger partial charge in [0.15, 0.2) is 0 Å². The molecule has 0 bridgehead atoms. The summed E-state index contributed by atoms with van der Waals surface area (Å²) in [7, 11) is 3.06. The Kier molecular flexibility index (Phi) is 6.88. The standard InChI is InChI=1S/C25H32N2O4/c1-16(2)22(27-23(28)18-12-19(30-4)14-20(13-18)31-5)24(29)26-15-25(10-11-25)21-9-7-6-8-17(21)3/h6-9,12-14,16,22H,10-11,15H2,1-5H3,(H,26,29)(H,27,28). The molecule has 0 heterocycles. The van der Waals surface area contributed by atoms with Crippen LogP contribution in [0.25, 0.3) is 0 Å². The molecule has 1 aliphatic rings. The number of benzene rings is 2. The molecule has 166 valence electrons. The van der Waals surface area contributed by atoms with Crippen LogP contribution < -0.4 is 20.1 Å². The monoisotopic (exact) mass is 424 g/mol. The molecule has 1 aliphatic carbocycles. The Morgan fingerprint density at radius 3 is 2.16 bits per heavy atom. The van der Waals surface area contributed by atoms with E-state index in [1.54, 1.807) is 18.2 Å². The highest BCUT2D eigenvalue weighted by molar-refractivity contribution is 5.98. The van der Waals surface area contributed by atoms with Crippen LogP contribution in [0, 0.1) is 12.8 Å². The Morgan fingerprint density at radius 1 is 1.03 bits per heavy atom. The van der Waals surface area contributed by atoms with Gasteiger partial charge in [0.05, 0.1) is 14.2 Å². The molecule has 31 heavy (non-hydrogen) atoms. The number of carbonyl (C=O) groups is 2. The van der Waals surface area contributed by atoms with Crippen LogP contribution >= 0.6 is 0 Å². The lowest BCUT2D eigenvalue weighted by Crippen LogP contribution is -2.51. The molecule has 1 saturated carbocycles. The van der Waals surface area contributed by atoms with Gasteiger partial charge in [-0.3, -0.25) is 9.59 Å². The zero-order valence-corrected chi connectivity index (χ0v) is 19.0. The van der Waals surface area contributed by atoms with Crippen LogP contribution in [0.15, 0.2) is 42.5 Å². The fourth-order valence-electron chi connectivity index (χ4n) is 3.92. The van der Waals surface area contributed by atoms with Gasteiger partial charge in [0.25, 0.3) is 5.91 Å². The van der Waals surface area contributed by atoms with Crippen molar-refractivity contribution in [1.82, 2.24) is 10.6 Å². The van der Waals surface area contributed by atoms with Crippen molar-refractivity contribution in [2.75, 3.05) is 20.8 Å². The smallest absolute Gasteiger partial charge is 0.252 e. The molecule has 0 spiro atoms. The number of carbonyl (C=O) groups excluding carboxylic acids is 2. The van der Waals surface area contributed by atoms with Gasteiger partial charge in [0.2, 0.25) is 5.91 Å². The lowest BCUT2D eigenvalue weighted by atomic mass is 9.91. The normalized spacial score (nSPS) is 15.2. The Morgan fingerprint density at radius 2 is 1.65 bits per heavy atom. The van der Waals surface area contributed by atoms with E-state index in [9.17, 15) is 9.59 Å². The highest BCUT2D eigenvalue weighted by Gasteiger charge is 2.45. The molecule has 0 saturated heterocycles. The number of aryl methyl sites for hydroxylation is 1. The largest absolute Gasteiger partial charge is 0.497 e. The predicted octanol–water partition coefficient (Wildman–Crippen LogP) is 3.61. The van der Waals surface area contributed by atoms with Crippen LogP contribution in [0.3, 0.4) is 0 Å². The Labute approximate surface area is 184 Å². The fraction of sp³-hybridized carbons (Fsp3) is 0.440. The van der Waals surface area contributed by atoms with Gasteiger partial charge in [-0.15, -0.1) is 0 Å². The number of hydrogen-bond acceptors (Lipinski definition) is 4. The molecule has 3 rings (SSSR count). The van der Waals surface area contributed by atoms with Crippen molar-refractivity contribution in [3.8, 4) is 11.5 Å². The zero-order valence-electron chi connectivity index (χ0n) is 19.0. The van der Waals surface area contributed by atoms with E-state index in [1.807, 2.05) is 26.0 Å². The minimum Gasteiger partial charge on any atom is -0.497 e. The summed E-state index contributed by atoms with van der Waals surface area (Å²) in [4.78, 5) is 25.9. The molecule has 0 aromatic heterocycles. The third-order valence-electron chi connectivity index (χ3n) is 6.02. The van der Waals surface area contributed by atoms with Crippen molar-refractivity contribution in [3.05, 3.63) is 59.2 Å². The summed E-state index contributed by atoms with van der Waals surface area (Å²) in [6.45, 7) is 6.52. The molecule has 6 heteroatoms. The second kappa shape index (κ2) is 9.41. The van der Waals surface area contributed by atoms with Crippen molar-refractivity contribution in [2.24, 2.45) is 5.92 Å². The molecule has 2 aromatic rings. The first-order valence-electron chi connectivity index (χ1n) is 10.7. The van der Waals surface area contributed by atoms with Crippen molar-refractivity contribution in [1.29, 1.82) is 0 Å². The molecule has 2 N–H and O–H groups in total. The molecule has 1 atom stereocenters. The quantitative estimate of drug-likeness (QED) is 0.645. The van der Waals surface area contributed by atoms with Crippen LogP contribution in [0.1, 0.15) is 48.2 Å². The number of hydrogen-bond donors (Lipinski definition) is 2. The molecule has 0 radical (unpaired) electrons. The molecule has 1 fully saturated rings. The second-order valence-electron chi connectivity index (χ2n) is 8.61. The number of nitrogens with one attached hydrogen (secondary N) is 2. The maximum Gasteiger partial charge on any atom is 0.252 e. The van der Waals surface area contributed by atoms with Gasteiger partial charge in [-0.25, -0.2) is 0 Å². The Balaban J connectivity index is 1.69. The highest BCUT2D eigenvalue weighted by atomic mass is 16.5. The van der Waals surface area contributed by atoms with E-state index < -0.39 is 6.04 Å². The van der Waals surface area contributed by atoms with Crippen molar-refractivity contribution >= 4 is 11.8 Å². The molecule has 6 nitrogen and oxygen atoms in total. The van der Waals surface area contributed by atoms with Gasteiger partial charge in [-0.2, -0.15) is 0 Å². The highest BCUT2D eigenvalue weighted by Crippen LogP contribution is 2.48. The van der Waals surface area contributed by atoms with Gasteiger partial charge in [0.1, 0.15) is 17.5 Å². The zero-order chi connectivity index (χ0) is 22.6. The van der Waals surface area contributed by atoms with E-state index in [0.29, 0.717) is 23.6 Å². The first kappa shape index (κ1) is 22.7. The molecule has 1 unspecified atom stereocenters. The minimum atomic E-state index is -0.641. The van der Waals surface area contributed by atoms with E-state index in [-0.39, 0.29) is 23.1 Å². The maximum absolute atomic E-state index is 13.0. The van der Waals surface area contributed by atoms with E-state index in [4.69, 9.17) is 9.47 Å². The lowest BCUT2D eigenvalue weighted by Gasteiger charge is -2.24. The van der Waals surface area contributed by atoms with Gasteiger partial charge in [0, 0.05) is 23.6 Å². The van der Waals surface area contributed by atoms with Crippen LogP contribution in [0.5, 0.6) is 11.5 Å². The number of amides is 2. The predicted molar refractivity (Wildman–Crippen MR) is 121 cm³/mol. The second-order valence-corrected chi connectivity index (χ2v) is 8.61. The molecule has 2 aromatic carbocycles. The van der Waals surface area contributed by atoms with E-state index in [0.717, 1.165) is 12.8 Å². The van der Waals surface area contributed by atoms with Gasteiger partial charge >= 0.3 is 0 Å². The third-order valence-corrected chi connectivity index (χ3v) is 6.02. The van der Waals surface area contributed by atoms with E-state index in [2.05, 4.69) is 29.7 Å². The van der Waals surface area contributed by atoms with Crippen molar-refractivity contribution in [3.63, 3.8) is 0 Å². The van der Waals surface area contributed by atoms with Crippen LogP contribution in [0.4, 0.5) is 0 Å². The molecule has 2 amide bonds. The first-order valence-corrected chi connectivity index (χ1v) is 10.7. The SMILES string of the molecule is COc1cc(OC)cc(C(=O)NC(C(=O)NCC2(c3ccccc3C)CC2)C(C)C)c1. The van der Waals surface area contributed by atoms with Crippen molar-refractivity contribution in [2.45, 2.75) is 45.1 Å². The third kappa shape index (κ3) is 5.19. The number of ether oxygens (including phenoxy) is 2. The van der Waals surface area contributed by atoms with E-state index in [1.165, 1.54) is 25.3 Å². The topological polar surface area (TPSA) is 76.7 Å². The van der Waals surface area contributed by atoms with E-state index >= 15 is 0 Å². The van der Waals surface area contributed by atoms with Gasteiger partial charge in [-0.1, -0.05) is 38.1 Å². The summed E-state index contributed by atoms with van der Waals surface area (Å²) < 4.78 is 10.5. The number of rotatable bonds is 9. The average molecular weight is 425 g/mol. The van der Waals surface area contributed by atoms with Crippen LogP contribution in [-0.2, 0) is 10.2 Å². The summed E-state index contributed by atoms with van der Waals surface area (Å²) in [5, 5.41) is 5.97. The first-order chi connectivity index (χ1) is 14.8. The van der Waals surface area contributed by atoms with Crippen molar-refractivity contribution < 1.29 is 19.1 Å². The molecular weight excluding hydrogens is 392 g/mol.